The van der Waals surface area contributed by atoms with Crippen molar-refractivity contribution in [1.29, 1.82) is 0 Å². The molecule has 1 aliphatic heterocycles. The summed E-state index contributed by atoms with van der Waals surface area (Å²) in [6.45, 7) is 2.94. The fourth-order valence-electron chi connectivity index (χ4n) is 1.45. The van der Waals surface area contributed by atoms with Gasteiger partial charge >= 0.3 is 0 Å². The first kappa shape index (κ1) is 12.3. The number of amides is 2. The molecule has 8 heteroatoms. The van der Waals surface area contributed by atoms with Crippen molar-refractivity contribution in [3.8, 4) is 0 Å². The summed E-state index contributed by atoms with van der Waals surface area (Å²) in [6, 6.07) is 0. The summed E-state index contributed by atoms with van der Waals surface area (Å²) in [5.41, 5.74) is 0.654. The Morgan fingerprint density at radius 3 is 3.00 bits per heavy atom. The van der Waals surface area contributed by atoms with E-state index in [-0.39, 0.29) is 17.7 Å². The number of thioether (sulfide) groups is 1. The third-order valence-electron chi connectivity index (χ3n) is 2.26. The van der Waals surface area contributed by atoms with E-state index in [9.17, 15) is 9.59 Å². The SMILES string of the molecule is CCNc1snnc1CN1C(=O)CCSC1=O. The van der Waals surface area contributed by atoms with Gasteiger partial charge in [-0.2, -0.15) is 0 Å². The van der Waals surface area contributed by atoms with Crippen molar-refractivity contribution in [2.75, 3.05) is 17.6 Å². The van der Waals surface area contributed by atoms with Gasteiger partial charge in [0, 0.05) is 30.3 Å². The lowest BCUT2D eigenvalue weighted by atomic mass is 10.3. The molecule has 1 aromatic heterocycles. The Labute approximate surface area is 107 Å². The van der Waals surface area contributed by atoms with Crippen LogP contribution in [0.1, 0.15) is 19.0 Å². The van der Waals surface area contributed by atoms with E-state index in [1.165, 1.54) is 28.2 Å². The van der Waals surface area contributed by atoms with E-state index < -0.39 is 0 Å². The van der Waals surface area contributed by atoms with Gasteiger partial charge in [0.15, 0.2) is 0 Å². The van der Waals surface area contributed by atoms with E-state index in [0.29, 0.717) is 17.9 Å². The number of aromatic nitrogens is 2. The molecule has 1 fully saturated rings. The van der Waals surface area contributed by atoms with Crippen molar-refractivity contribution >= 4 is 39.4 Å². The second-order valence-electron chi connectivity index (χ2n) is 3.42. The Balaban J connectivity index is 2.10. The van der Waals surface area contributed by atoms with Crippen molar-refractivity contribution in [3.63, 3.8) is 0 Å². The predicted molar refractivity (Wildman–Crippen MR) is 67.1 cm³/mol. The molecular weight excluding hydrogens is 260 g/mol. The number of carbonyl (C=O) groups excluding carboxylic acids is 2. The predicted octanol–water partition coefficient (Wildman–Crippen LogP) is 1.56. The van der Waals surface area contributed by atoms with E-state index in [1.807, 2.05) is 6.92 Å². The maximum absolute atomic E-state index is 11.6. The van der Waals surface area contributed by atoms with Crippen LogP contribution >= 0.6 is 23.3 Å². The second-order valence-corrected chi connectivity index (χ2v) is 5.22. The highest BCUT2D eigenvalue weighted by molar-refractivity contribution is 8.13. The molecule has 0 aromatic carbocycles. The Bertz CT molecular complexity index is 418. The first-order valence-electron chi connectivity index (χ1n) is 5.24. The summed E-state index contributed by atoms with van der Waals surface area (Å²) >= 11 is 2.41. The minimum absolute atomic E-state index is 0.135. The van der Waals surface area contributed by atoms with Gasteiger partial charge in [-0.3, -0.25) is 14.5 Å². The average Bonchev–Trinajstić information content (AvgIpc) is 2.72. The zero-order valence-corrected chi connectivity index (χ0v) is 10.9. The molecule has 17 heavy (non-hydrogen) atoms. The monoisotopic (exact) mass is 272 g/mol. The van der Waals surface area contributed by atoms with Crippen molar-refractivity contribution < 1.29 is 9.59 Å². The zero-order chi connectivity index (χ0) is 12.3. The van der Waals surface area contributed by atoms with Crippen LogP contribution in [-0.2, 0) is 11.3 Å². The maximum atomic E-state index is 11.6. The van der Waals surface area contributed by atoms with Crippen LogP contribution in [0.15, 0.2) is 0 Å². The van der Waals surface area contributed by atoms with Gasteiger partial charge in [-0.1, -0.05) is 16.3 Å². The van der Waals surface area contributed by atoms with Crippen molar-refractivity contribution in [3.05, 3.63) is 5.69 Å². The lowest BCUT2D eigenvalue weighted by Gasteiger charge is -2.23. The van der Waals surface area contributed by atoms with E-state index >= 15 is 0 Å². The summed E-state index contributed by atoms with van der Waals surface area (Å²) in [4.78, 5) is 24.5. The van der Waals surface area contributed by atoms with Gasteiger partial charge in [-0.15, -0.1) is 5.10 Å². The molecule has 2 rings (SSSR count). The highest BCUT2D eigenvalue weighted by atomic mass is 32.2. The van der Waals surface area contributed by atoms with Crippen LogP contribution < -0.4 is 5.32 Å². The van der Waals surface area contributed by atoms with Crippen LogP contribution in [0, 0.1) is 0 Å². The molecule has 1 aromatic rings. The molecule has 0 aliphatic carbocycles. The molecule has 2 amide bonds. The number of imide groups is 1. The molecule has 0 bridgehead atoms. The van der Waals surface area contributed by atoms with Gasteiger partial charge < -0.3 is 5.32 Å². The number of anilines is 1. The van der Waals surface area contributed by atoms with Crippen molar-refractivity contribution in [2.45, 2.75) is 19.9 Å². The van der Waals surface area contributed by atoms with Gasteiger partial charge in [0.2, 0.25) is 5.91 Å². The standard InChI is InChI=1S/C9H12N4O2S2/c1-2-10-8-6(11-12-17-8)5-13-7(14)3-4-16-9(13)15/h10H,2-5H2,1H3. The number of nitrogens with one attached hydrogen (secondary N) is 1. The van der Waals surface area contributed by atoms with Gasteiger partial charge in [-0.25, -0.2) is 0 Å². The van der Waals surface area contributed by atoms with Gasteiger partial charge in [0.25, 0.3) is 5.24 Å². The third-order valence-corrected chi connectivity index (χ3v) is 3.87. The summed E-state index contributed by atoms with van der Waals surface area (Å²) in [6.07, 6.45) is 0.407. The first-order chi connectivity index (χ1) is 8.22. The third kappa shape index (κ3) is 2.75. The second kappa shape index (κ2) is 5.46. The molecule has 6 nitrogen and oxygen atoms in total. The maximum Gasteiger partial charge on any atom is 0.288 e. The average molecular weight is 272 g/mol. The number of hydrogen-bond donors (Lipinski definition) is 1. The Morgan fingerprint density at radius 2 is 2.29 bits per heavy atom. The van der Waals surface area contributed by atoms with Gasteiger partial charge in [-0.05, 0) is 6.92 Å². The number of rotatable bonds is 4. The number of nitrogens with zero attached hydrogens (tertiary/aromatic N) is 3. The summed E-state index contributed by atoms with van der Waals surface area (Å²) < 4.78 is 3.83. The number of hydrogen-bond acceptors (Lipinski definition) is 7. The van der Waals surface area contributed by atoms with Crippen LogP contribution in [0.5, 0.6) is 0 Å². The molecular formula is C9H12N4O2S2. The molecule has 92 valence electrons. The highest BCUT2D eigenvalue weighted by Crippen LogP contribution is 2.24. The lowest BCUT2D eigenvalue weighted by molar-refractivity contribution is -0.128. The minimum atomic E-state index is -0.198. The largest absolute Gasteiger partial charge is 0.374 e. The molecule has 1 saturated heterocycles. The first-order valence-corrected chi connectivity index (χ1v) is 7.00. The van der Waals surface area contributed by atoms with E-state index in [4.69, 9.17) is 0 Å². The van der Waals surface area contributed by atoms with Crippen LogP contribution in [0.25, 0.3) is 0 Å². The molecule has 0 radical (unpaired) electrons. The van der Waals surface area contributed by atoms with Crippen LogP contribution in [0.3, 0.4) is 0 Å². The molecule has 0 atom stereocenters. The molecule has 0 saturated carbocycles. The zero-order valence-electron chi connectivity index (χ0n) is 9.30. The van der Waals surface area contributed by atoms with E-state index in [2.05, 4.69) is 14.9 Å². The van der Waals surface area contributed by atoms with E-state index in [0.717, 1.165) is 11.5 Å². The van der Waals surface area contributed by atoms with Crippen LogP contribution in [0.2, 0.25) is 0 Å². The molecule has 1 aliphatic rings. The van der Waals surface area contributed by atoms with Crippen molar-refractivity contribution in [2.24, 2.45) is 0 Å². The Kier molecular flexibility index (Phi) is 3.95. The minimum Gasteiger partial charge on any atom is -0.374 e. The van der Waals surface area contributed by atoms with Crippen LogP contribution in [0.4, 0.5) is 9.80 Å². The Hall–Kier alpha value is -1.15. The smallest absolute Gasteiger partial charge is 0.288 e. The summed E-state index contributed by atoms with van der Waals surface area (Å²) in [5, 5.41) is 7.69. The highest BCUT2D eigenvalue weighted by Gasteiger charge is 2.28. The fourth-order valence-corrected chi connectivity index (χ4v) is 2.86. The molecule has 0 spiro atoms. The molecule has 0 unspecified atom stereocenters. The molecule has 1 N–H and O–H groups in total. The number of carbonyl (C=O) groups is 2. The lowest BCUT2D eigenvalue weighted by Crippen LogP contribution is -2.37. The van der Waals surface area contributed by atoms with Crippen molar-refractivity contribution in [1.82, 2.24) is 14.5 Å². The fraction of sp³-hybridized carbons (Fsp3) is 0.556. The normalized spacial score (nSPS) is 16.4. The van der Waals surface area contributed by atoms with Gasteiger partial charge in [0.1, 0.15) is 10.7 Å². The summed E-state index contributed by atoms with van der Waals surface area (Å²) in [5.74, 6) is 0.438. The van der Waals surface area contributed by atoms with Gasteiger partial charge in [0.05, 0.1) is 6.54 Å². The topological polar surface area (TPSA) is 75.2 Å². The quantitative estimate of drug-likeness (QED) is 0.896. The van der Waals surface area contributed by atoms with Crippen LogP contribution in [-0.4, -0.2) is 37.9 Å². The summed E-state index contributed by atoms with van der Waals surface area (Å²) in [7, 11) is 0. The molecule has 2 heterocycles. The Morgan fingerprint density at radius 1 is 1.47 bits per heavy atom. The van der Waals surface area contributed by atoms with E-state index in [1.54, 1.807) is 0 Å².